The quantitative estimate of drug-likeness (QED) is 0.648. The van der Waals surface area contributed by atoms with Crippen LogP contribution in [0.3, 0.4) is 0 Å². The number of nitrogens with zero attached hydrogens (tertiary/aromatic N) is 2. The van der Waals surface area contributed by atoms with Gasteiger partial charge in [0, 0.05) is 23.2 Å². The van der Waals surface area contributed by atoms with Gasteiger partial charge in [0.15, 0.2) is 0 Å². The SMILES string of the molecule is CNCCC1CCN(Cc2ccc(Cl)cc2[N+](=O)[O-])CC1. The minimum absolute atomic E-state index is 0.125. The first kappa shape index (κ1) is 16.2. The number of nitro groups is 1. The van der Waals surface area contributed by atoms with Gasteiger partial charge in [0.25, 0.3) is 5.69 Å². The van der Waals surface area contributed by atoms with Gasteiger partial charge < -0.3 is 5.32 Å². The number of hydrogen-bond donors (Lipinski definition) is 1. The lowest BCUT2D eigenvalue weighted by Crippen LogP contribution is -2.34. The van der Waals surface area contributed by atoms with Crippen molar-refractivity contribution in [2.45, 2.75) is 25.8 Å². The van der Waals surface area contributed by atoms with Crippen molar-refractivity contribution in [1.82, 2.24) is 10.2 Å². The maximum Gasteiger partial charge on any atom is 0.275 e. The van der Waals surface area contributed by atoms with Crippen LogP contribution in [-0.4, -0.2) is 36.5 Å². The van der Waals surface area contributed by atoms with Gasteiger partial charge in [-0.1, -0.05) is 11.6 Å². The number of nitro benzene ring substituents is 1. The zero-order chi connectivity index (χ0) is 15.2. The summed E-state index contributed by atoms with van der Waals surface area (Å²) >= 11 is 5.85. The third-order valence-electron chi connectivity index (χ3n) is 4.15. The van der Waals surface area contributed by atoms with Crippen molar-refractivity contribution in [3.8, 4) is 0 Å². The number of benzene rings is 1. The van der Waals surface area contributed by atoms with Crippen LogP contribution in [0.1, 0.15) is 24.8 Å². The fourth-order valence-corrected chi connectivity index (χ4v) is 3.03. The van der Waals surface area contributed by atoms with Gasteiger partial charge in [0.1, 0.15) is 0 Å². The van der Waals surface area contributed by atoms with E-state index in [4.69, 9.17) is 11.6 Å². The second-order valence-corrected chi connectivity index (χ2v) is 6.08. The molecule has 0 aromatic heterocycles. The molecule has 1 N–H and O–H groups in total. The molecule has 0 saturated carbocycles. The summed E-state index contributed by atoms with van der Waals surface area (Å²) in [6, 6.07) is 4.94. The molecule has 0 amide bonds. The highest BCUT2D eigenvalue weighted by Gasteiger charge is 2.22. The van der Waals surface area contributed by atoms with Gasteiger partial charge in [-0.2, -0.15) is 0 Å². The van der Waals surface area contributed by atoms with Crippen LogP contribution in [0.4, 0.5) is 5.69 Å². The molecule has 5 nitrogen and oxygen atoms in total. The Morgan fingerprint density at radius 1 is 1.43 bits per heavy atom. The van der Waals surface area contributed by atoms with Gasteiger partial charge in [0.2, 0.25) is 0 Å². The van der Waals surface area contributed by atoms with Crippen molar-refractivity contribution < 1.29 is 4.92 Å². The molecule has 6 heteroatoms. The molecule has 2 rings (SSSR count). The maximum absolute atomic E-state index is 11.1. The first-order chi connectivity index (χ1) is 10.1. The maximum atomic E-state index is 11.1. The highest BCUT2D eigenvalue weighted by molar-refractivity contribution is 6.30. The topological polar surface area (TPSA) is 58.4 Å². The van der Waals surface area contributed by atoms with Gasteiger partial charge in [-0.3, -0.25) is 15.0 Å². The predicted molar refractivity (Wildman–Crippen MR) is 84.7 cm³/mol. The molecule has 0 aliphatic carbocycles. The molecule has 1 aromatic carbocycles. The summed E-state index contributed by atoms with van der Waals surface area (Å²) in [6.45, 7) is 3.71. The Labute approximate surface area is 130 Å². The Bertz CT molecular complexity index is 488. The Balaban J connectivity index is 1.93. The molecule has 0 bridgehead atoms. The average molecular weight is 312 g/mol. The predicted octanol–water partition coefficient (Wildman–Crippen LogP) is 3.07. The molecule has 0 spiro atoms. The van der Waals surface area contributed by atoms with Crippen molar-refractivity contribution in [1.29, 1.82) is 0 Å². The minimum atomic E-state index is -0.346. The van der Waals surface area contributed by atoms with Crippen LogP contribution in [-0.2, 0) is 6.54 Å². The van der Waals surface area contributed by atoms with Crippen molar-refractivity contribution in [2.75, 3.05) is 26.7 Å². The van der Waals surface area contributed by atoms with Crippen molar-refractivity contribution in [3.05, 3.63) is 38.9 Å². The van der Waals surface area contributed by atoms with Gasteiger partial charge in [0.05, 0.1) is 4.92 Å². The third kappa shape index (κ3) is 4.66. The van der Waals surface area contributed by atoms with Crippen molar-refractivity contribution in [3.63, 3.8) is 0 Å². The molecule has 1 fully saturated rings. The molecule has 1 aliphatic rings. The summed E-state index contributed by atoms with van der Waals surface area (Å²) in [7, 11) is 1.98. The van der Waals surface area contributed by atoms with E-state index in [2.05, 4.69) is 10.2 Å². The van der Waals surface area contributed by atoms with Crippen molar-refractivity contribution in [2.24, 2.45) is 5.92 Å². The van der Waals surface area contributed by atoms with E-state index in [1.54, 1.807) is 12.1 Å². The Morgan fingerprint density at radius 3 is 2.76 bits per heavy atom. The molecular weight excluding hydrogens is 290 g/mol. The lowest BCUT2D eigenvalue weighted by Gasteiger charge is -2.31. The molecule has 1 heterocycles. The van der Waals surface area contributed by atoms with E-state index >= 15 is 0 Å². The molecular formula is C15H22ClN3O2. The van der Waals surface area contributed by atoms with Gasteiger partial charge >= 0.3 is 0 Å². The van der Waals surface area contributed by atoms with Crippen LogP contribution in [0, 0.1) is 16.0 Å². The Kier molecular flexibility index (Phi) is 5.96. The average Bonchev–Trinajstić information content (AvgIpc) is 2.48. The minimum Gasteiger partial charge on any atom is -0.320 e. The molecule has 21 heavy (non-hydrogen) atoms. The van der Waals surface area contributed by atoms with Gasteiger partial charge in [-0.15, -0.1) is 0 Å². The zero-order valence-corrected chi connectivity index (χ0v) is 13.1. The smallest absolute Gasteiger partial charge is 0.275 e. The van der Waals surface area contributed by atoms with Crippen LogP contribution < -0.4 is 5.32 Å². The van der Waals surface area contributed by atoms with E-state index in [-0.39, 0.29) is 10.6 Å². The number of nitrogens with one attached hydrogen (secondary N) is 1. The molecule has 1 aromatic rings. The Hall–Kier alpha value is -1.17. The molecule has 116 valence electrons. The summed E-state index contributed by atoms with van der Waals surface area (Å²) in [5, 5.41) is 14.7. The van der Waals surface area contributed by atoms with E-state index in [1.807, 2.05) is 7.05 Å². The summed E-state index contributed by atoms with van der Waals surface area (Å²) < 4.78 is 0. The summed E-state index contributed by atoms with van der Waals surface area (Å²) in [5.74, 6) is 0.772. The molecule has 0 unspecified atom stereocenters. The van der Waals surface area contributed by atoms with Gasteiger partial charge in [-0.05, 0) is 64.0 Å². The Morgan fingerprint density at radius 2 is 2.14 bits per heavy atom. The highest BCUT2D eigenvalue weighted by atomic mass is 35.5. The van der Waals surface area contributed by atoms with E-state index in [1.165, 1.54) is 25.3 Å². The number of hydrogen-bond acceptors (Lipinski definition) is 4. The highest BCUT2D eigenvalue weighted by Crippen LogP contribution is 2.27. The number of rotatable bonds is 6. The summed E-state index contributed by atoms with van der Waals surface area (Å²) in [6.07, 6.45) is 3.55. The summed E-state index contributed by atoms with van der Waals surface area (Å²) in [5.41, 5.74) is 0.873. The van der Waals surface area contributed by atoms with Crippen LogP contribution in [0.2, 0.25) is 5.02 Å². The normalized spacial score (nSPS) is 17.0. The fraction of sp³-hybridized carbons (Fsp3) is 0.600. The number of piperidine rings is 1. The van der Waals surface area contributed by atoms with E-state index < -0.39 is 0 Å². The number of halogens is 1. The molecule has 0 atom stereocenters. The monoisotopic (exact) mass is 311 g/mol. The standard InChI is InChI=1S/C15H22ClN3O2/c1-17-7-4-12-5-8-18(9-6-12)11-13-2-3-14(16)10-15(13)19(20)21/h2-3,10,12,17H,4-9,11H2,1H3. The summed E-state index contributed by atoms with van der Waals surface area (Å²) in [4.78, 5) is 13.1. The second-order valence-electron chi connectivity index (χ2n) is 5.64. The molecule has 0 radical (unpaired) electrons. The second kappa shape index (κ2) is 7.73. The van der Waals surface area contributed by atoms with E-state index in [0.29, 0.717) is 11.6 Å². The van der Waals surface area contributed by atoms with Crippen LogP contribution >= 0.6 is 11.6 Å². The number of likely N-dealkylation sites (tertiary alicyclic amines) is 1. The van der Waals surface area contributed by atoms with Crippen LogP contribution in [0.15, 0.2) is 18.2 Å². The lowest BCUT2D eigenvalue weighted by atomic mass is 9.93. The first-order valence-corrected chi connectivity index (χ1v) is 7.77. The zero-order valence-electron chi connectivity index (χ0n) is 12.3. The first-order valence-electron chi connectivity index (χ1n) is 7.40. The van der Waals surface area contributed by atoms with Crippen molar-refractivity contribution >= 4 is 17.3 Å². The van der Waals surface area contributed by atoms with Crippen LogP contribution in [0.25, 0.3) is 0 Å². The molecule has 1 saturated heterocycles. The fourth-order valence-electron chi connectivity index (χ4n) is 2.86. The largest absolute Gasteiger partial charge is 0.320 e. The lowest BCUT2D eigenvalue weighted by molar-refractivity contribution is -0.385. The van der Waals surface area contributed by atoms with E-state index in [0.717, 1.165) is 31.1 Å². The third-order valence-corrected chi connectivity index (χ3v) is 4.38. The van der Waals surface area contributed by atoms with Crippen LogP contribution in [0.5, 0.6) is 0 Å². The van der Waals surface area contributed by atoms with Gasteiger partial charge in [-0.25, -0.2) is 0 Å². The molecule has 1 aliphatic heterocycles. The van der Waals surface area contributed by atoms with E-state index in [9.17, 15) is 10.1 Å².